The number of hydrogen-bond acceptors (Lipinski definition) is 2. The van der Waals surface area contributed by atoms with Crippen molar-refractivity contribution in [3.05, 3.63) is 0 Å². The van der Waals surface area contributed by atoms with E-state index in [2.05, 4.69) is 12.2 Å². The summed E-state index contributed by atoms with van der Waals surface area (Å²) < 4.78 is 0. The second kappa shape index (κ2) is 14.5. The molecule has 3 nitrogen and oxygen atoms in total. The Kier molecular flexibility index (Phi) is 14.0. The van der Waals surface area contributed by atoms with E-state index in [9.17, 15) is 4.79 Å². The van der Waals surface area contributed by atoms with Crippen LogP contribution < -0.4 is 11.1 Å². The van der Waals surface area contributed by atoms with Crippen molar-refractivity contribution in [1.29, 1.82) is 0 Å². The van der Waals surface area contributed by atoms with Crippen LogP contribution in [0.5, 0.6) is 0 Å². The molecule has 18 heavy (non-hydrogen) atoms. The van der Waals surface area contributed by atoms with Crippen molar-refractivity contribution in [2.75, 3.05) is 13.1 Å². The Hall–Kier alpha value is -0.570. The first kappa shape index (κ1) is 17.4. The number of carbonyl (C=O) groups is 1. The van der Waals surface area contributed by atoms with Crippen molar-refractivity contribution in [3.63, 3.8) is 0 Å². The van der Waals surface area contributed by atoms with E-state index in [-0.39, 0.29) is 5.91 Å². The van der Waals surface area contributed by atoms with Crippen molar-refractivity contribution in [2.24, 2.45) is 5.73 Å². The molecule has 3 N–H and O–H groups in total. The van der Waals surface area contributed by atoms with E-state index >= 15 is 0 Å². The summed E-state index contributed by atoms with van der Waals surface area (Å²) >= 11 is 0. The Bertz CT molecular complexity index is 183. The van der Waals surface area contributed by atoms with Crippen molar-refractivity contribution >= 4 is 5.91 Å². The van der Waals surface area contributed by atoms with Gasteiger partial charge in [-0.2, -0.15) is 0 Å². The van der Waals surface area contributed by atoms with Crippen LogP contribution in [0.4, 0.5) is 0 Å². The van der Waals surface area contributed by atoms with Crippen molar-refractivity contribution in [3.8, 4) is 0 Å². The van der Waals surface area contributed by atoms with E-state index in [1.54, 1.807) is 0 Å². The summed E-state index contributed by atoms with van der Waals surface area (Å²) in [5.41, 5.74) is 5.41. The van der Waals surface area contributed by atoms with Gasteiger partial charge in [-0.1, -0.05) is 51.9 Å². The molecule has 0 aromatic carbocycles. The molecule has 0 rings (SSSR count). The van der Waals surface area contributed by atoms with E-state index in [0.717, 1.165) is 38.8 Å². The summed E-state index contributed by atoms with van der Waals surface area (Å²) in [6, 6.07) is 0. The second-order valence-corrected chi connectivity index (χ2v) is 5.07. The summed E-state index contributed by atoms with van der Waals surface area (Å²) in [7, 11) is 0. The fraction of sp³-hybridized carbons (Fsp3) is 0.933. The van der Waals surface area contributed by atoms with Gasteiger partial charge in [0.2, 0.25) is 5.91 Å². The molecule has 0 saturated heterocycles. The number of amides is 1. The highest BCUT2D eigenvalue weighted by atomic mass is 16.1. The number of carbonyl (C=O) groups excluding carboxylic acids is 1. The Balaban J connectivity index is 3.12. The van der Waals surface area contributed by atoms with Crippen molar-refractivity contribution in [2.45, 2.75) is 77.6 Å². The SMILES string of the molecule is CCCCCCCCCC(=O)NCCCCCN. The third-order valence-corrected chi connectivity index (χ3v) is 3.21. The van der Waals surface area contributed by atoms with Gasteiger partial charge in [0.25, 0.3) is 0 Å². The lowest BCUT2D eigenvalue weighted by Crippen LogP contribution is -2.24. The average molecular weight is 256 g/mol. The lowest BCUT2D eigenvalue weighted by Gasteiger charge is -2.05. The minimum Gasteiger partial charge on any atom is -0.356 e. The predicted molar refractivity (Wildman–Crippen MR) is 78.5 cm³/mol. The molecule has 0 aromatic rings. The third kappa shape index (κ3) is 13.5. The van der Waals surface area contributed by atoms with Gasteiger partial charge in [0, 0.05) is 13.0 Å². The molecule has 0 aliphatic carbocycles. The topological polar surface area (TPSA) is 55.1 Å². The Morgan fingerprint density at radius 2 is 1.50 bits per heavy atom. The van der Waals surface area contributed by atoms with Crippen LogP contribution in [-0.2, 0) is 4.79 Å². The highest BCUT2D eigenvalue weighted by Gasteiger charge is 2.00. The average Bonchev–Trinajstić information content (AvgIpc) is 2.37. The number of rotatable bonds is 13. The van der Waals surface area contributed by atoms with E-state index in [4.69, 9.17) is 5.73 Å². The van der Waals surface area contributed by atoms with Gasteiger partial charge >= 0.3 is 0 Å². The number of hydrogen-bond donors (Lipinski definition) is 2. The van der Waals surface area contributed by atoms with Gasteiger partial charge in [0.15, 0.2) is 0 Å². The van der Waals surface area contributed by atoms with Crippen LogP contribution in [0.1, 0.15) is 77.6 Å². The first-order chi connectivity index (χ1) is 8.81. The van der Waals surface area contributed by atoms with E-state index in [1.165, 1.54) is 38.5 Å². The van der Waals surface area contributed by atoms with E-state index < -0.39 is 0 Å². The highest BCUT2D eigenvalue weighted by Crippen LogP contribution is 2.08. The summed E-state index contributed by atoms with van der Waals surface area (Å²) in [4.78, 5) is 11.5. The molecular weight excluding hydrogens is 224 g/mol. The smallest absolute Gasteiger partial charge is 0.219 e. The summed E-state index contributed by atoms with van der Waals surface area (Å²) in [6.07, 6.45) is 12.8. The highest BCUT2D eigenvalue weighted by molar-refractivity contribution is 5.75. The fourth-order valence-corrected chi connectivity index (χ4v) is 2.00. The zero-order valence-corrected chi connectivity index (χ0v) is 12.2. The molecule has 0 bridgehead atoms. The van der Waals surface area contributed by atoms with Crippen molar-refractivity contribution in [1.82, 2.24) is 5.32 Å². The Labute approximate surface area is 113 Å². The van der Waals surface area contributed by atoms with Crippen LogP contribution in [0.2, 0.25) is 0 Å². The molecule has 108 valence electrons. The van der Waals surface area contributed by atoms with Gasteiger partial charge < -0.3 is 11.1 Å². The lowest BCUT2D eigenvalue weighted by molar-refractivity contribution is -0.121. The van der Waals surface area contributed by atoms with Gasteiger partial charge in [-0.25, -0.2) is 0 Å². The van der Waals surface area contributed by atoms with Crippen LogP contribution in [0.3, 0.4) is 0 Å². The molecule has 0 aliphatic rings. The zero-order chi connectivity index (χ0) is 13.5. The number of nitrogens with one attached hydrogen (secondary N) is 1. The van der Waals surface area contributed by atoms with Gasteiger partial charge in [0.05, 0.1) is 0 Å². The molecule has 0 atom stereocenters. The molecule has 0 saturated carbocycles. The van der Waals surface area contributed by atoms with E-state index in [0.29, 0.717) is 6.42 Å². The van der Waals surface area contributed by atoms with Crippen LogP contribution in [0.25, 0.3) is 0 Å². The van der Waals surface area contributed by atoms with E-state index in [1.807, 2.05) is 0 Å². The zero-order valence-electron chi connectivity index (χ0n) is 12.2. The first-order valence-corrected chi connectivity index (χ1v) is 7.78. The molecule has 1 amide bonds. The molecule has 3 heteroatoms. The maximum atomic E-state index is 11.5. The Morgan fingerprint density at radius 3 is 2.17 bits per heavy atom. The predicted octanol–water partition coefficient (Wildman–Crippen LogP) is 3.37. The number of nitrogens with two attached hydrogens (primary N) is 1. The normalized spacial score (nSPS) is 10.6. The monoisotopic (exact) mass is 256 g/mol. The third-order valence-electron chi connectivity index (χ3n) is 3.21. The van der Waals surface area contributed by atoms with Gasteiger partial charge in [-0.15, -0.1) is 0 Å². The minimum atomic E-state index is 0.219. The van der Waals surface area contributed by atoms with Gasteiger partial charge in [-0.05, 0) is 25.8 Å². The molecule has 0 fully saturated rings. The molecule has 0 heterocycles. The second-order valence-electron chi connectivity index (χ2n) is 5.07. The minimum absolute atomic E-state index is 0.219. The Morgan fingerprint density at radius 1 is 0.889 bits per heavy atom. The molecule has 0 unspecified atom stereocenters. The molecule has 0 radical (unpaired) electrons. The fourth-order valence-electron chi connectivity index (χ4n) is 2.00. The van der Waals surface area contributed by atoms with Crippen LogP contribution in [0.15, 0.2) is 0 Å². The molecule has 0 aliphatic heterocycles. The standard InChI is InChI=1S/C15H32N2O/c1-2-3-4-5-6-7-9-12-15(18)17-14-11-8-10-13-16/h2-14,16H2,1H3,(H,17,18). The quantitative estimate of drug-likeness (QED) is 0.496. The van der Waals surface area contributed by atoms with Crippen LogP contribution in [0, 0.1) is 0 Å². The van der Waals surface area contributed by atoms with Gasteiger partial charge in [0.1, 0.15) is 0 Å². The van der Waals surface area contributed by atoms with Crippen LogP contribution in [-0.4, -0.2) is 19.0 Å². The largest absolute Gasteiger partial charge is 0.356 e. The first-order valence-electron chi connectivity index (χ1n) is 7.78. The van der Waals surface area contributed by atoms with Crippen molar-refractivity contribution < 1.29 is 4.79 Å². The molecule has 0 spiro atoms. The molecule has 0 aromatic heterocycles. The summed E-state index contributed by atoms with van der Waals surface area (Å²) in [5, 5.41) is 2.97. The lowest BCUT2D eigenvalue weighted by atomic mass is 10.1. The maximum absolute atomic E-state index is 11.5. The summed E-state index contributed by atoms with van der Waals surface area (Å²) in [5.74, 6) is 0.219. The maximum Gasteiger partial charge on any atom is 0.219 e. The summed E-state index contributed by atoms with van der Waals surface area (Å²) in [6.45, 7) is 3.80. The molecular formula is C15H32N2O. The van der Waals surface area contributed by atoms with Gasteiger partial charge in [-0.3, -0.25) is 4.79 Å². The van der Waals surface area contributed by atoms with Crippen LogP contribution >= 0.6 is 0 Å². The number of unbranched alkanes of at least 4 members (excludes halogenated alkanes) is 8.